The summed E-state index contributed by atoms with van der Waals surface area (Å²) in [5.41, 5.74) is 1.29. The quantitative estimate of drug-likeness (QED) is 0.795. The molecule has 1 aromatic carbocycles. The third-order valence-corrected chi connectivity index (χ3v) is 5.86. The largest absolute Gasteiger partial charge is 0.335 e. The lowest BCUT2D eigenvalue weighted by atomic mass is 9.99. The van der Waals surface area contributed by atoms with Gasteiger partial charge in [0.2, 0.25) is 5.91 Å². The minimum atomic E-state index is 0.303. The van der Waals surface area contributed by atoms with Crippen LogP contribution in [0.15, 0.2) is 28.7 Å². The molecular formula is C17H20BrNO. The third-order valence-electron chi connectivity index (χ3n) is 5.36. The van der Waals surface area contributed by atoms with E-state index in [1.807, 2.05) is 0 Å². The van der Waals surface area contributed by atoms with Gasteiger partial charge in [-0.05, 0) is 61.6 Å². The van der Waals surface area contributed by atoms with Crippen LogP contribution in [0.3, 0.4) is 0 Å². The molecule has 3 heteroatoms. The number of fused-ring (bicyclic) bond motifs is 1. The number of rotatable bonds is 2. The van der Waals surface area contributed by atoms with Crippen molar-refractivity contribution in [1.82, 2.24) is 4.90 Å². The van der Waals surface area contributed by atoms with E-state index in [4.69, 9.17) is 0 Å². The summed E-state index contributed by atoms with van der Waals surface area (Å²) < 4.78 is 1.11. The van der Waals surface area contributed by atoms with Crippen LogP contribution in [-0.4, -0.2) is 17.4 Å². The second-order valence-electron chi connectivity index (χ2n) is 6.67. The molecule has 20 heavy (non-hydrogen) atoms. The molecule has 0 aromatic heterocycles. The highest BCUT2D eigenvalue weighted by molar-refractivity contribution is 9.10. The fourth-order valence-corrected chi connectivity index (χ4v) is 4.66. The first-order chi connectivity index (χ1) is 9.72. The zero-order valence-corrected chi connectivity index (χ0v) is 13.2. The molecule has 0 N–H and O–H groups in total. The Bertz CT molecular complexity index is 534. The summed E-state index contributed by atoms with van der Waals surface area (Å²) in [7, 11) is 0. The van der Waals surface area contributed by atoms with Gasteiger partial charge >= 0.3 is 0 Å². The summed E-state index contributed by atoms with van der Waals surface area (Å²) in [5.74, 6) is 2.53. The highest BCUT2D eigenvalue weighted by Crippen LogP contribution is 2.55. The second kappa shape index (κ2) is 4.87. The Labute approximate surface area is 128 Å². The zero-order valence-electron chi connectivity index (χ0n) is 11.6. The standard InChI is InChI=1S/C17H20BrNO/c18-15-4-1-3-11(10-15)16-5-2-6-19(16)17(20)14-8-12-7-13(12)9-14/h1,3-4,10,12-14,16H,2,5-9H2. The number of carbonyl (C=O) groups is 1. The van der Waals surface area contributed by atoms with E-state index < -0.39 is 0 Å². The molecule has 0 spiro atoms. The van der Waals surface area contributed by atoms with Gasteiger partial charge in [0, 0.05) is 16.9 Å². The molecule has 106 valence electrons. The number of hydrogen-bond acceptors (Lipinski definition) is 1. The molecule has 3 aliphatic rings. The van der Waals surface area contributed by atoms with E-state index in [0.717, 1.165) is 48.5 Å². The topological polar surface area (TPSA) is 20.3 Å². The van der Waals surface area contributed by atoms with Crippen molar-refractivity contribution in [3.63, 3.8) is 0 Å². The molecule has 1 heterocycles. The van der Waals surface area contributed by atoms with Crippen molar-refractivity contribution in [3.05, 3.63) is 34.3 Å². The second-order valence-corrected chi connectivity index (χ2v) is 7.58. The average molecular weight is 334 g/mol. The number of hydrogen-bond donors (Lipinski definition) is 0. The predicted molar refractivity (Wildman–Crippen MR) is 82.2 cm³/mol. The van der Waals surface area contributed by atoms with Crippen LogP contribution in [0.4, 0.5) is 0 Å². The number of benzene rings is 1. The maximum atomic E-state index is 12.8. The molecular weight excluding hydrogens is 314 g/mol. The lowest BCUT2D eigenvalue weighted by Gasteiger charge is -2.28. The van der Waals surface area contributed by atoms with Crippen molar-refractivity contribution in [2.45, 2.75) is 38.1 Å². The van der Waals surface area contributed by atoms with E-state index in [9.17, 15) is 4.79 Å². The Morgan fingerprint density at radius 2 is 2.00 bits per heavy atom. The van der Waals surface area contributed by atoms with Crippen LogP contribution in [0.5, 0.6) is 0 Å². The zero-order chi connectivity index (χ0) is 13.7. The Morgan fingerprint density at radius 1 is 1.20 bits per heavy atom. The van der Waals surface area contributed by atoms with Gasteiger partial charge < -0.3 is 4.90 Å². The first-order valence-corrected chi connectivity index (χ1v) is 8.57. The SMILES string of the molecule is O=C(C1CC2CC2C1)N1CCCC1c1cccc(Br)c1. The van der Waals surface area contributed by atoms with E-state index in [1.165, 1.54) is 12.0 Å². The highest BCUT2D eigenvalue weighted by atomic mass is 79.9. The van der Waals surface area contributed by atoms with Gasteiger partial charge in [-0.15, -0.1) is 0 Å². The maximum absolute atomic E-state index is 12.8. The van der Waals surface area contributed by atoms with Crippen molar-refractivity contribution >= 4 is 21.8 Å². The van der Waals surface area contributed by atoms with Gasteiger partial charge in [-0.3, -0.25) is 4.79 Å². The molecule has 1 aliphatic heterocycles. The number of likely N-dealkylation sites (tertiary alicyclic amines) is 1. The van der Waals surface area contributed by atoms with Gasteiger partial charge in [-0.2, -0.15) is 0 Å². The molecule has 0 bridgehead atoms. The molecule has 1 amide bonds. The Hall–Kier alpha value is -0.830. The maximum Gasteiger partial charge on any atom is 0.226 e. The van der Waals surface area contributed by atoms with Crippen LogP contribution in [0, 0.1) is 17.8 Å². The summed E-state index contributed by atoms with van der Waals surface area (Å²) in [5, 5.41) is 0. The number of halogens is 1. The molecule has 2 saturated carbocycles. The lowest BCUT2D eigenvalue weighted by molar-refractivity contribution is -0.136. The predicted octanol–water partition coefficient (Wildman–Crippen LogP) is 4.16. The lowest BCUT2D eigenvalue weighted by Crippen LogP contribution is -2.35. The molecule has 2 aliphatic carbocycles. The van der Waals surface area contributed by atoms with Crippen LogP contribution < -0.4 is 0 Å². The summed E-state index contributed by atoms with van der Waals surface area (Å²) in [6, 6.07) is 8.76. The third kappa shape index (κ3) is 2.20. The molecule has 1 saturated heterocycles. The Balaban J connectivity index is 1.53. The molecule has 4 rings (SSSR count). The van der Waals surface area contributed by atoms with E-state index in [0.29, 0.717) is 17.9 Å². The number of carbonyl (C=O) groups excluding carboxylic acids is 1. The highest BCUT2D eigenvalue weighted by Gasteiger charge is 2.49. The average Bonchev–Trinajstić information content (AvgIpc) is 2.91. The minimum Gasteiger partial charge on any atom is -0.335 e. The first-order valence-electron chi connectivity index (χ1n) is 7.78. The van der Waals surface area contributed by atoms with E-state index in [1.54, 1.807) is 0 Å². The van der Waals surface area contributed by atoms with E-state index >= 15 is 0 Å². The van der Waals surface area contributed by atoms with E-state index in [2.05, 4.69) is 45.1 Å². The van der Waals surface area contributed by atoms with Crippen LogP contribution in [0.1, 0.15) is 43.7 Å². The van der Waals surface area contributed by atoms with Crippen LogP contribution in [0.25, 0.3) is 0 Å². The van der Waals surface area contributed by atoms with Gasteiger partial charge in [0.15, 0.2) is 0 Å². The van der Waals surface area contributed by atoms with Gasteiger partial charge in [0.1, 0.15) is 0 Å². The number of nitrogens with zero attached hydrogens (tertiary/aromatic N) is 1. The summed E-state index contributed by atoms with van der Waals surface area (Å²) in [4.78, 5) is 15.0. The number of amides is 1. The molecule has 1 aromatic rings. The van der Waals surface area contributed by atoms with Crippen molar-refractivity contribution < 1.29 is 4.79 Å². The molecule has 3 unspecified atom stereocenters. The van der Waals surface area contributed by atoms with Gasteiger partial charge in [-0.1, -0.05) is 28.1 Å². The monoisotopic (exact) mass is 333 g/mol. The normalized spacial score (nSPS) is 35.1. The summed E-state index contributed by atoms with van der Waals surface area (Å²) >= 11 is 3.54. The molecule has 0 radical (unpaired) electrons. The summed E-state index contributed by atoms with van der Waals surface area (Å²) in [6.07, 6.45) is 5.96. The molecule has 2 nitrogen and oxygen atoms in total. The Kier molecular flexibility index (Phi) is 3.13. The fourth-order valence-electron chi connectivity index (χ4n) is 4.24. The van der Waals surface area contributed by atoms with Crippen molar-refractivity contribution in [1.29, 1.82) is 0 Å². The minimum absolute atomic E-state index is 0.303. The fraction of sp³-hybridized carbons (Fsp3) is 0.588. The van der Waals surface area contributed by atoms with Crippen LogP contribution in [-0.2, 0) is 4.79 Å². The van der Waals surface area contributed by atoms with Crippen LogP contribution >= 0.6 is 15.9 Å². The summed E-state index contributed by atoms with van der Waals surface area (Å²) in [6.45, 7) is 0.946. The molecule has 3 atom stereocenters. The smallest absolute Gasteiger partial charge is 0.226 e. The Morgan fingerprint density at radius 3 is 2.75 bits per heavy atom. The van der Waals surface area contributed by atoms with Crippen molar-refractivity contribution in [2.75, 3.05) is 6.54 Å². The van der Waals surface area contributed by atoms with Crippen LogP contribution in [0.2, 0.25) is 0 Å². The van der Waals surface area contributed by atoms with Gasteiger partial charge in [0.25, 0.3) is 0 Å². The van der Waals surface area contributed by atoms with Crippen molar-refractivity contribution in [2.24, 2.45) is 17.8 Å². The van der Waals surface area contributed by atoms with Crippen molar-refractivity contribution in [3.8, 4) is 0 Å². The van der Waals surface area contributed by atoms with Gasteiger partial charge in [0.05, 0.1) is 6.04 Å². The van der Waals surface area contributed by atoms with E-state index in [-0.39, 0.29) is 0 Å². The molecule has 3 fully saturated rings. The van der Waals surface area contributed by atoms with Gasteiger partial charge in [-0.25, -0.2) is 0 Å². The first kappa shape index (κ1) is 12.9.